The standard InChI is InChI=1S/C15H26N2O4/c1-5-15(14(20)21)7-6-8-17(9-15)13(19)12(10(2)3)16-11(4)18/h10,12H,5-9H2,1-4H3,(H,16,18)(H,20,21). The molecule has 1 heterocycles. The van der Waals surface area contributed by atoms with Crippen molar-refractivity contribution < 1.29 is 19.5 Å². The van der Waals surface area contributed by atoms with Crippen LogP contribution in [-0.2, 0) is 14.4 Å². The van der Waals surface area contributed by atoms with Gasteiger partial charge in [-0.2, -0.15) is 0 Å². The van der Waals surface area contributed by atoms with Crippen LogP contribution in [0.2, 0.25) is 0 Å². The van der Waals surface area contributed by atoms with E-state index in [1.165, 1.54) is 6.92 Å². The number of amides is 2. The molecule has 21 heavy (non-hydrogen) atoms. The number of carbonyl (C=O) groups excluding carboxylic acids is 2. The molecule has 0 aromatic rings. The predicted octanol–water partition coefficient (Wildman–Crippen LogP) is 1.25. The highest BCUT2D eigenvalue weighted by atomic mass is 16.4. The van der Waals surface area contributed by atoms with E-state index >= 15 is 0 Å². The van der Waals surface area contributed by atoms with Crippen LogP contribution in [0.1, 0.15) is 47.0 Å². The quantitative estimate of drug-likeness (QED) is 0.799. The van der Waals surface area contributed by atoms with Crippen molar-refractivity contribution in [3.8, 4) is 0 Å². The molecule has 0 aliphatic carbocycles. The highest BCUT2D eigenvalue weighted by Gasteiger charge is 2.43. The maximum atomic E-state index is 12.6. The lowest BCUT2D eigenvalue weighted by molar-refractivity contribution is -0.156. The van der Waals surface area contributed by atoms with Gasteiger partial charge in [0.1, 0.15) is 6.04 Å². The van der Waals surface area contributed by atoms with E-state index in [1.54, 1.807) is 4.90 Å². The van der Waals surface area contributed by atoms with Crippen molar-refractivity contribution >= 4 is 17.8 Å². The van der Waals surface area contributed by atoms with Crippen molar-refractivity contribution in [1.82, 2.24) is 10.2 Å². The average molecular weight is 298 g/mol. The zero-order valence-corrected chi connectivity index (χ0v) is 13.3. The number of likely N-dealkylation sites (tertiary alicyclic amines) is 1. The molecule has 2 amide bonds. The Morgan fingerprint density at radius 2 is 1.95 bits per heavy atom. The molecule has 120 valence electrons. The van der Waals surface area contributed by atoms with Crippen LogP contribution in [0.15, 0.2) is 0 Å². The minimum atomic E-state index is -0.855. The van der Waals surface area contributed by atoms with E-state index in [1.807, 2.05) is 20.8 Å². The Morgan fingerprint density at radius 1 is 1.33 bits per heavy atom. The molecular weight excluding hydrogens is 272 g/mol. The summed E-state index contributed by atoms with van der Waals surface area (Å²) in [6, 6.07) is -0.594. The molecule has 1 saturated heterocycles. The van der Waals surface area contributed by atoms with Gasteiger partial charge >= 0.3 is 5.97 Å². The number of hydrogen-bond acceptors (Lipinski definition) is 3. The molecule has 1 rings (SSSR count). The SMILES string of the molecule is CCC1(C(=O)O)CCCN(C(=O)C(NC(C)=O)C(C)C)C1. The molecule has 2 N–H and O–H groups in total. The lowest BCUT2D eigenvalue weighted by atomic mass is 9.77. The van der Waals surface area contributed by atoms with Gasteiger partial charge in [0, 0.05) is 20.0 Å². The van der Waals surface area contributed by atoms with Gasteiger partial charge in [-0.15, -0.1) is 0 Å². The number of carbonyl (C=O) groups is 3. The Balaban J connectivity index is 2.90. The minimum absolute atomic E-state index is 0.0378. The first kappa shape index (κ1) is 17.5. The summed E-state index contributed by atoms with van der Waals surface area (Å²) in [6.07, 6.45) is 1.77. The number of carboxylic acids is 1. The van der Waals surface area contributed by atoms with E-state index in [0.29, 0.717) is 25.8 Å². The summed E-state index contributed by atoms with van der Waals surface area (Å²) in [5, 5.41) is 12.1. The number of nitrogens with one attached hydrogen (secondary N) is 1. The summed E-state index contributed by atoms with van der Waals surface area (Å²) < 4.78 is 0. The molecule has 0 aromatic heterocycles. The molecule has 0 spiro atoms. The Morgan fingerprint density at radius 3 is 2.38 bits per heavy atom. The van der Waals surface area contributed by atoms with Crippen molar-refractivity contribution in [2.45, 2.75) is 53.0 Å². The van der Waals surface area contributed by atoms with Gasteiger partial charge in [-0.1, -0.05) is 20.8 Å². The second-order valence-electron chi connectivity index (χ2n) is 6.22. The largest absolute Gasteiger partial charge is 0.481 e. The van der Waals surface area contributed by atoms with Crippen LogP contribution in [0.25, 0.3) is 0 Å². The van der Waals surface area contributed by atoms with Crippen LogP contribution >= 0.6 is 0 Å². The van der Waals surface area contributed by atoms with Gasteiger partial charge in [0.25, 0.3) is 0 Å². The number of nitrogens with zero attached hydrogens (tertiary/aromatic N) is 1. The molecule has 0 saturated carbocycles. The monoisotopic (exact) mass is 298 g/mol. The van der Waals surface area contributed by atoms with Crippen LogP contribution in [0.4, 0.5) is 0 Å². The molecule has 6 heteroatoms. The fourth-order valence-corrected chi connectivity index (χ4v) is 2.86. The lowest BCUT2D eigenvalue weighted by Gasteiger charge is -2.41. The summed E-state index contributed by atoms with van der Waals surface area (Å²) in [5.74, 6) is -1.31. The van der Waals surface area contributed by atoms with E-state index in [4.69, 9.17) is 0 Å². The Labute approximate surface area is 125 Å². The molecule has 2 atom stereocenters. The van der Waals surface area contributed by atoms with Crippen molar-refractivity contribution in [1.29, 1.82) is 0 Å². The first-order valence-corrected chi connectivity index (χ1v) is 7.53. The first-order valence-electron chi connectivity index (χ1n) is 7.53. The van der Waals surface area contributed by atoms with Crippen molar-refractivity contribution in [2.75, 3.05) is 13.1 Å². The number of hydrogen-bond donors (Lipinski definition) is 2. The third kappa shape index (κ3) is 3.95. The second kappa shape index (κ2) is 6.91. The smallest absolute Gasteiger partial charge is 0.311 e. The van der Waals surface area contributed by atoms with Gasteiger partial charge in [-0.3, -0.25) is 14.4 Å². The number of carboxylic acid groups (broad SMARTS) is 1. The lowest BCUT2D eigenvalue weighted by Crippen LogP contribution is -2.56. The maximum Gasteiger partial charge on any atom is 0.311 e. The average Bonchev–Trinajstić information content (AvgIpc) is 2.43. The van der Waals surface area contributed by atoms with E-state index in [2.05, 4.69) is 5.32 Å². The van der Waals surface area contributed by atoms with Gasteiger partial charge in [-0.25, -0.2) is 0 Å². The Hall–Kier alpha value is -1.59. The van der Waals surface area contributed by atoms with E-state index in [0.717, 1.165) is 0 Å². The zero-order chi connectivity index (χ0) is 16.2. The van der Waals surface area contributed by atoms with Gasteiger partial charge in [0.2, 0.25) is 11.8 Å². The van der Waals surface area contributed by atoms with Crippen molar-refractivity contribution in [3.05, 3.63) is 0 Å². The molecule has 0 bridgehead atoms. The van der Waals surface area contributed by atoms with E-state index in [-0.39, 0.29) is 24.3 Å². The second-order valence-corrected chi connectivity index (χ2v) is 6.22. The molecule has 2 unspecified atom stereocenters. The van der Waals surface area contributed by atoms with E-state index < -0.39 is 17.4 Å². The first-order chi connectivity index (χ1) is 9.73. The number of rotatable bonds is 5. The molecular formula is C15H26N2O4. The summed E-state index contributed by atoms with van der Waals surface area (Å²) in [6.45, 7) is 7.73. The minimum Gasteiger partial charge on any atom is -0.481 e. The molecule has 1 fully saturated rings. The van der Waals surface area contributed by atoms with Gasteiger partial charge < -0.3 is 15.3 Å². The molecule has 0 aromatic carbocycles. The van der Waals surface area contributed by atoms with Crippen molar-refractivity contribution in [3.63, 3.8) is 0 Å². The molecule has 0 radical (unpaired) electrons. The molecule has 1 aliphatic heterocycles. The summed E-state index contributed by atoms with van der Waals surface area (Å²) >= 11 is 0. The van der Waals surface area contributed by atoms with Crippen LogP contribution in [0.5, 0.6) is 0 Å². The molecule has 6 nitrogen and oxygen atoms in total. The van der Waals surface area contributed by atoms with Crippen LogP contribution in [0.3, 0.4) is 0 Å². The summed E-state index contributed by atoms with van der Waals surface area (Å²) in [4.78, 5) is 37.0. The van der Waals surface area contributed by atoms with Crippen LogP contribution < -0.4 is 5.32 Å². The fraction of sp³-hybridized carbons (Fsp3) is 0.800. The third-order valence-corrected chi connectivity index (χ3v) is 4.31. The van der Waals surface area contributed by atoms with E-state index in [9.17, 15) is 19.5 Å². The Kier molecular flexibility index (Phi) is 5.75. The Bertz CT molecular complexity index is 422. The van der Waals surface area contributed by atoms with Crippen LogP contribution in [0, 0.1) is 11.3 Å². The third-order valence-electron chi connectivity index (χ3n) is 4.31. The highest BCUT2D eigenvalue weighted by molar-refractivity contribution is 5.88. The normalized spacial score (nSPS) is 23.8. The fourth-order valence-electron chi connectivity index (χ4n) is 2.86. The van der Waals surface area contributed by atoms with Crippen LogP contribution in [-0.4, -0.2) is 46.9 Å². The topological polar surface area (TPSA) is 86.7 Å². The van der Waals surface area contributed by atoms with Gasteiger partial charge in [0.05, 0.1) is 5.41 Å². The molecule has 1 aliphatic rings. The number of piperidine rings is 1. The summed E-state index contributed by atoms with van der Waals surface area (Å²) in [5.41, 5.74) is -0.855. The number of aliphatic carboxylic acids is 1. The predicted molar refractivity (Wildman–Crippen MR) is 78.6 cm³/mol. The zero-order valence-electron chi connectivity index (χ0n) is 13.3. The van der Waals surface area contributed by atoms with Gasteiger partial charge in [0.15, 0.2) is 0 Å². The highest BCUT2D eigenvalue weighted by Crippen LogP contribution is 2.34. The van der Waals surface area contributed by atoms with Gasteiger partial charge in [-0.05, 0) is 25.2 Å². The summed E-state index contributed by atoms with van der Waals surface area (Å²) in [7, 11) is 0. The maximum absolute atomic E-state index is 12.6. The van der Waals surface area contributed by atoms with Crippen molar-refractivity contribution in [2.24, 2.45) is 11.3 Å².